The number of fused-ring (bicyclic) bond motifs is 1. The number of aliphatic hydroxyl groups excluding tert-OH is 1. The van der Waals surface area contributed by atoms with Crippen LogP contribution >= 0.6 is 0 Å². The number of rotatable bonds is 6. The molecule has 30 heavy (non-hydrogen) atoms. The number of benzene rings is 2. The van der Waals surface area contributed by atoms with Crippen LogP contribution in [0.5, 0.6) is 0 Å². The highest BCUT2D eigenvalue weighted by Gasteiger charge is 2.26. The van der Waals surface area contributed by atoms with Gasteiger partial charge in [-0.05, 0) is 22.8 Å². The van der Waals surface area contributed by atoms with Crippen LogP contribution in [0, 0.1) is 0 Å². The highest BCUT2D eigenvalue weighted by atomic mass is 16.3. The summed E-state index contributed by atoms with van der Waals surface area (Å²) in [6.07, 6.45) is 1.51. The van der Waals surface area contributed by atoms with Gasteiger partial charge in [0.25, 0.3) is 5.91 Å². The predicted octanol–water partition coefficient (Wildman–Crippen LogP) is 2.46. The average molecular weight is 402 g/mol. The standard InChI is InChI=1S/C23H22N4O3/c28-15-18-8-6-16(7-9-18)11-26-23(30)19-10-20-22(24-12-19)25-13-21(29)27(20)14-17-4-2-1-3-5-17/h1-10,12,28H,11,13-15H2,(H,24,25)(H,26,30). The lowest BCUT2D eigenvalue weighted by atomic mass is 10.1. The Morgan fingerprint density at radius 1 is 1.07 bits per heavy atom. The van der Waals surface area contributed by atoms with Gasteiger partial charge in [-0.1, -0.05) is 54.6 Å². The number of carbonyl (C=O) groups excluding carboxylic acids is 2. The van der Waals surface area contributed by atoms with E-state index in [2.05, 4.69) is 15.6 Å². The number of nitrogens with one attached hydrogen (secondary N) is 2. The number of nitrogens with zero attached hydrogens (tertiary/aromatic N) is 2. The van der Waals surface area contributed by atoms with Gasteiger partial charge < -0.3 is 20.6 Å². The molecule has 3 N–H and O–H groups in total. The van der Waals surface area contributed by atoms with Gasteiger partial charge in [-0.25, -0.2) is 4.98 Å². The molecule has 4 rings (SSSR count). The Morgan fingerprint density at radius 3 is 2.53 bits per heavy atom. The molecule has 2 amide bonds. The molecule has 0 unspecified atom stereocenters. The van der Waals surface area contributed by atoms with E-state index in [1.807, 2.05) is 54.6 Å². The van der Waals surface area contributed by atoms with Crippen molar-refractivity contribution >= 4 is 23.3 Å². The fourth-order valence-corrected chi connectivity index (χ4v) is 3.29. The van der Waals surface area contributed by atoms with Gasteiger partial charge in [-0.3, -0.25) is 9.59 Å². The Bertz CT molecular complexity index is 1050. The largest absolute Gasteiger partial charge is 0.392 e. The minimum absolute atomic E-state index is 0.0142. The van der Waals surface area contributed by atoms with Crippen LogP contribution in [0.15, 0.2) is 66.9 Å². The molecule has 1 aromatic heterocycles. The van der Waals surface area contributed by atoms with Crippen LogP contribution in [0.2, 0.25) is 0 Å². The zero-order chi connectivity index (χ0) is 20.9. The smallest absolute Gasteiger partial charge is 0.253 e. The van der Waals surface area contributed by atoms with Crippen molar-refractivity contribution in [3.63, 3.8) is 0 Å². The van der Waals surface area contributed by atoms with Gasteiger partial charge in [0, 0.05) is 12.7 Å². The second-order valence-electron chi connectivity index (χ2n) is 7.07. The zero-order valence-corrected chi connectivity index (χ0v) is 16.3. The first kappa shape index (κ1) is 19.6. The van der Waals surface area contributed by atoms with Gasteiger partial charge in [-0.15, -0.1) is 0 Å². The maximum absolute atomic E-state index is 12.7. The summed E-state index contributed by atoms with van der Waals surface area (Å²) in [6.45, 7) is 0.923. The van der Waals surface area contributed by atoms with Crippen LogP contribution in [0.4, 0.5) is 11.5 Å². The molecule has 1 aliphatic heterocycles. The van der Waals surface area contributed by atoms with Gasteiger partial charge in [0.2, 0.25) is 5.91 Å². The number of anilines is 2. The van der Waals surface area contributed by atoms with E-state index < -0.39 is 0 Å². The van der Waals surface area contributed by atoms with Crippen molar-refractivity contribution in [3.05, 3.63) is 89.1 Å². The van der Waals surface area contributed by atoms with Crippen LogP contribution in [0.1, 0.15) is 27.0 Å². The summed E-state index contributed by atoms with van der Waals surface area (Å²) in [5, 5.41) is 15.0. The van der Waals surface area contributed by atoms with Crippen molar-refractivity contribution in [2.45, 2.75) is 19.7 Å². The lowest BCUT2D eigenvalue weighted by Gasteiger charge is -2.29. The first-order chi connectivity index (χ1) is 14.6. The summed E-state index contributed by atoms with van der Waals surface area (Å²) in [7, 11) is 0. The molecular formula is C23H22N4O3. The Hall–Kier alpha value is -3.71. The van der Waals surface area contributed by atoms with Crippen molar-refractivity contribution in [2.75, 3.05) is 16.8 Å². The van der Waals surface area contributed by atoms with Crippen molar-refractivity contribution in [2.24, 2.45) is 0 Å². The van der Waals surface area contributed by atoms with E-state index in [1.165, 1.54) is 6.20 Å². The topological polar surface area (TPSA) is 94.6 Å². The third kappa shape index (κ3) is 4.31. The molecule has 0 saturated carbocycles. The molecule has 0 atom stereocenters. The molecule has 152 valence electrons. The number of carbonyl (C=O) groups is 2. The van der Waals surface area contributed by atoms with Crippen molar-refractivity contribution in [1.29, 1.82) is 0 Å². The molecular weight excluding hydrogens is 380 g/mol. The molecule has 0 aliphatic carbocycles. The summed E-state index contributed by atoms with van der Waals surface area (Å²) in [5.74, 6) is 0.241. The zero-order valence-electron chi connectivity index (χ0n) is 16.3. The Morgan fingerprint density at radius 2 is 1.80 bits per heavy atom. The molecule has 0 radical (unpaired) electrons. The minimum atomic E-state index is -0.269. The summed E-state index contributed by atoms with van der Waals surface area (Å²) in [5.41, 5.74) is 3.72. The van der Waals surface area contributed by atoms with Crippen molar-refractivity contribution in [1.82, 2.24) is 10.3 Å². The Kier molecular flexibility index (Phi) is 5.72. The second-order valence-corrected chi connectivity index (χ2v) is 7.07. The quantitative estimate of drug-likeness (QED) is 0.589. The molecule has 7 nitrogen and oxygen atoms in total. The van der Waals surface area contributed by atoms with Gasteiger partial charge in [0.05, 0.1) is 30.9 Å². The van der Waals surface area contributed by atoms with E-state index in [1.54, 1.807) is 11.0 Å². The third-order valence-corrected chi connectivity index (χ3v) is 4.97. The Balaban J connectivity index is 1.51. The lowest BCUT2D eigenvalue weighted by molar-refractivity contribution is -0.117. The first-order valence-electron chi connectivity index (χ1n) is 9.69. The van der Waals surface area contributed by atoms with E-state index in [-0.39, 0.29) is 25.0 Å². The Labute approximate surface area is 174 Å². The molecule has 0 fully saturated rings. The minimum Gasteiger partial charge on any atom is -0.392 e. The van der Waals surface area contributed by atoms with E-state index in [9.17, 15) is 9.59 Å². The molecule has 0 spiro atoms. The number of hydrogen-bond donors (Lipinski definition) is 3. The number of amides is 2. The van der Waals surface area contributed by atoms with E-state index >= 15 is 0 Å². The van der Waals surface area contributed by atoms with Crippen LogP contribution < -0.4 is 15.5 Å². The molecule has 2 aromatic carbocycles. The summed E-state index contributed by atoms with van der Waals surface area (Å²) in [4.78, 5) is 31.2. The average Bonchev–Trinajstić information content (AvgIpc) is 2.80. The first-order valence-corrected chi connectivity index (χ1v) is 9.69. The highest BCUT2D eigenvalue weighted by Crippen LogP contribution is 2.29. The van der Waals surface area contributed by atoms with Crippen LogP contribution in [0.25, 0.3) is 0 Å². The van der Waals surface area contributed by atoms with Crippen molar-refractivity contribution in [3.8, 4) is 0 Å². The fraction of sp³-hybridized carbons (Fsp3) is 0.174. The van der Waals surface area contributed by atoms with Crippen LogP contribution in [-0.4, -0.2) is 28.4 Å². The van der Waals surface area contributed by atoms with Crippen LogP contribution in [-0.2, 0) is 24.5 Å². The third-order valence-electron chi connectivity index (χ3n) is 4.97. The molecule has 0 bridgehead atoms. The van der Waals surface area contributed by atoms with Gasteiger partial charge in [0.1, 0.15) is 0 Å². The molecule has 0 saturated heterocycles. The van der Waals surface area contributed by atoms with Gasteiger partial charge in [-0.2, -0.15) is 0 Å². The molecule has 3 aromatic rings. The fourth-order valence-electron chi connectivity index (χ4n) is 3.29. The number of pyridine rings is 1. The highest BCUT2D eigenvalue weighted by molar-refractivity contribution is 6.04. The number of aromatic nitrogens is 1. The monoisotopic (exact) mass is 402 g/mol. The molecule has 2 heterocycles. The maximum Gasteiger partial charge on any atom is 0.253 e. The summed E-state index contributed by atoms with van der Waals surface area (Å²) >= 11 is 0. The van der Waals surface area contributed by atoms with Gasteiger partial charge in [0.15, 0.2) is 5.82 Å². The van der Waals surface area contributed by atoms with E-state index in [4.69, 9.17) is 5.11 Å². The summed E-state index contributed by atoms with van der Waals surface area (Å²) < 4.78 is 0. The normalized spacial score (nSPS) is 12.8. The molecule has 7 heteroatoms. The van der Waals surface area contributed by atoms with Gasteiger partial charge >= 0.3 is 0 Å². The number of aliphatic hydroxyl groups is 1. The molecule has 1 aliphatic rings. The SMILES string of the molecule is O=C(NCc1ccc(CO)cc1)c1cnc2c(c1)N(Cc1ccccc1)C(=O)CN2. The number of hydrogen-bond acceptors (Lipinski definition) is 5. The van der Waals surface area contributed by atoms with Crippen LogP contribution in [0.3, 0.4) is 0 Å². The predicted molar refractivity (Wildman–Crippen MR) is 114 cm³/mol. The van der Waals surface area contributed by atoms with E-state index in [0.29, 0.717) is 30.2 Å². The maximum atomic E-state index is 12.7. The van der Waals surface area contributed by atoms with Crippen molar-refractivity contribution < 1.29 is 14.7 Å². The lowest BCUT2D eigenvalue weighted by Crippen LogP contribution is -2.40. The second kappa shape index (κ2) is 8.75. The van der Waals surface area contributed by atoms with E-state index in [0.717, 1.165) is 16.7 Å². The summed E-state index contributed by atoms with van der Waals surface area (Å²) in [6, 6.07) is 18.8.